The van der Waals surface area contributed by atoms with Crippen LogP contribution in [0.1, 0.15) is 25.7 Å². The quantitative estimate of drug-likeness (QED) is 0.754. The van der Waals surface area contributed by atoms with Crippen LogP contribution in [0.2, 0.25) is 0 Å². The lowest BCUT2D eigenvalue weighted by atomic mass is 10.0. The van der Waals surface area contributed by atoms with Crippen LogP contribution in [0.4, 0.5) is 0 Å². The van der Waals surface area contributed by atoms with E-state index in [1.165, 1.54) is 0 Å². The Labute approximate surface area is 156 Å². The number of aromatic nitrogens is 1. The number of sulfonamides is 1. The Morgan fingerprint density at radius 2 is 1.68 bits per heavy atom. The number of nitrogens with zero attached hydrogens (tertiary/aromatic N) is 2. The Morgan fingerprint density at radius 3 is 2.32 bits per heavy atom. The van der Waals surface area contributed by atoms with E-state index in [1.807, 2.05) is 18.2 Å². The number of hydrogen-bond donors (Lipinski definition) is 0. The Morgan fingerprint density at radius 1 is 1.04 bits per heavy atom. The number of benzene rings is 1. The fraction of sp³-hybridized carbons (Fsp3) is 0.389. The Bertz CT molecular complexity index is 846. The minimum atomic E-state index is -3.50. The predicted octanol–water partition coefficient (Wildman–Crippen LogP) is 3.61. The summed E-state index contributed by atoms with van der Waals surface area (Å²) in [5.74, 6) is 0.793. The molecule has 0 saturated carbocycles. The molecule has 0 spiro atoms. The molecule has 0 radical (unpaired) electrons. The molecule has 2 fully saturated rings. The molecule has 1 aromatic carbocycles. The molecule has 3 heterocycles. The van der Waals surface area contributed by atoms with E-state index in [-0.39, 0.29) is 18.2 Å². The van der Waals surface area contributed by atoms with Crippen molar-refractivity contribution < 1.29 is 13.2 Å². The molecule has 2 saturated heterocycles. The molecule has 7 heteroatoms. The van der Waals surface area contributed by atoms with Crippen molar-refractivity contribution in [1.29, 1.82) is 0 Å². The van der Waals surface area contributed by atoms with Gasteiger partial charge in [-0.05, 0) is 53.0 Å². The second-order valence-corrected chi connectivity index (χ2v) is 9.21. The molecule has 2 unspecified atom stereocenters. The number of ether oxygens (including phenoxy) is 1. The summed E-state index contributed by atoms with van der Waals surface area (Å²) in [5, 5.41) is 0. The van der Waals surface area contributed by atoms with Gasteiger partial charge in [-0.3, -0.25) is 4.98 Å². The lowest BCUT2D eigenvalue weighted by Crippen LogP contribution is -2.49. The molecule has 2 bridgehead atoms. The summed E-state index contributed by atoms with van der Waals surface area (Å²) in [5.41, 5.74) is 0. The molecule has 2 atom stereocenters. The summed E-state index contributed by atoms with van der Waals surface area (Å²) in [6.07, 6.45) is 6.69. The van der Waals surface area contributed by atoms with Gasteiger partial charge >= 0.3 is 0 Å². The summed E-state index contributed by atoms with van der Waals surface area (Å²) in [6, 6.07) is 10.7. The van der Waals surface area contributed by atoms with E-state index in [1.54, 1.807) is 34.9 Å². The highest BCUT2D eigenvalue weighted by Crippen LogP contribution is 2.41. The maximum atomic E-state index is 13.2. The minimum absolute atomic E-state index is 0.00249. The molecule has 4 rings (SSSR count). The van der Waals surface area contributed by atoms with E-state index in [2.05, 4.69) is 20.9 Å². The van der Waals surface area contributed by atoms with Crippen molar-refractivity contribution in [1.82, 2.24) is 9.29 Å². The molecule has 25 heavy (non-hydrogen) atoms. The molecule has 0 N–H and O–H groups in total. The third kappa shape index (κ3) is 3.20. The Hall–Kier alpha value is -1.44. The highest BCUT2D eigenvalue weighted by Gasteiger charge is 2.48. The smallest absolute Gasteiger partial charge is 0.244 e. The van der Waals surface area contributed by atoms with E-state index < -0.39 is 10.0 Å². The first-order valence-electron chi connectivity index (χ1n) is 8.40. The van der Waals surface area contributed by atoms with Gasteiger partial charge < -0.3 is 4.74 Å². The van der Waals surface area contributed by atoms with E-state index in [0.717, 1.165) is 31.4 Å². The van der Waals surface area contributed by atoms with E-state index in [0.29, 0.717) is 9.37 Å². The lowest BCUT2D eigenvalue weighted by molar-refractivity contribution is 0.0956. The molecule has 5 nitrogen and oxygen atoms in total. The standard InChI is InChI=1S/C18H19BrN2O3S/c19-17-3-1-2-4-18(17)25(22,23)21-13-5-6-14(21)12-16(11-13)24-15-7-9-20-10-8-15/h1-4,7-10,13-14,16H,5-6,11-12H2. The Kier molecular flexibility index (Phi) is 4.56. The second kappa shape index (κ2) is 6.70. The van der Waals surface area contributed by atoms with Gasteiger partial charge in [0.15, 0.2) is 0 Å². The van der Waals surface area contributed by atoms with Crippen LogP contribution in [0.15, 0.2) is 58.2 Å². The van der Waals surface area contributed by atoms with Crippen molar-refractivity contribution in [3.8, 4) is 5.75 Å². The maximum absolute atomic E-state index is 13.2. The first kappa shape index (κ1) is 17.0. The summed E-state index contributed by atoms with van der Waals surface area (Å²) in [7, 11) is -3.50. The summed E-state index contributed by atoms with van der Waals surface area (Å²) in [4.78, 5) is 4.34. The molecule has 2 aliphatic rings. The van der Waals surface area contributed by atoms with Crippen LogP contribution in [-0.2, 0) is 10.0 Å². The first-order valence-corrected chi connectivity index (χ1v) is 10.6. The second-order valence-electron chi connectivity index (χ2n) is 6.54. The summed E-state index contributed by atoms with van der Waals surface area (Å²) in [6.45, 7) is 0. The predicted molar refractivity (Wildman–Crippen MR) is 97.9 cm³/mol. The fourth-order valence-electron chi connectivity index (χ4n) is 3.95. The fourth-order valence-corrected chi connectivity index (χ4v) is 6.81. The highest BCUT2D eigenvalue weighted by molar-refractivity contribution is 9.10. The number of fused-ring (bicyclic) bond motifs is 2. The van der Waals surface area contributed by atoms with Crippen LogP contribution >= 0.6 is 15.9 Å². The number of hydrogen-bond acceptors (Lipinski definition) is 4. The van der Waals surface area contributed by atoms with Crippen molar-refractivity contribution in [2.24, 2.45) is 0 Å². The highest BCUT2D eigenvalue weighted by atomic mass is 79.9. The average Bonchev–Trinajstić information content (AvgIpc) is 2.89. The van der Waals surface area contributed by atoms with Crippen LogP contribution in [0.25, 0.3) is 0 Å². The van der Waals surface area contributed by atoms with Gasteiger partial charge in [-0.25, -0.2) is 8.42 Å². The zero-order valence-corrected chi connectivity index (χ0v) is 16.0. The van der Waals surface area contributed by atoms with Crippen molar-refractivity contribution in [2.45, 2.75) is 48.8 Å². The van der Waals surface area contributed by atoms with Gasteiger partial charge in [0, 0.05) is 41.8 Å². The number of halogens is 1. The van der Waals surface area contributed by atoms with Gasteiger partial charge in [0.1, 0.15) is 11.9 Å². The van der Waals surface area contributed by atoms with Gasteiger partial charge in [0.2, 0.25) is 10.0 Å². The number of pyridine rings is 1. The number of rotatable bonds is 4. The first-order chi connectivity index (χ1) is 12.1. The SMILES string of the molecule is O=S(=O)(c1ccccc1Br)N1C2CCC1CC(Oc1ccncc1)C2. The van der Waals surface area contributed by atoms with Crippen LogP contribution < -0.4 is 4.74 Å². The molecule has 0 amide bonds. The summed E-state index contributed by atoms with van der Waals surface area (Å²) >= 11 is 3.38. The third-order valence-corrected chi connectivity index (χ3v) is 7.98. The monoisotopic (exact) mass is 422 g/mol. The van der Waals surface area contributed by atoms with E-state index in [9.17, 15) is 8.42 Å². The van der Waals surface area contributed by atoms with Gasteiger partial charge in [-0.1, -0.05) is 12.1 Å². The zero-order valence-electron chi connectivity index (χ0n) is 13.6. The zero-order chi connectivity index (χ0) is 17.4. The van der Waals surface area contributed by atoms with Crippen molar-refractivity contribution >= 4 is 26.0 Å². The lowest BCUT2D eigenvalue weighted by Gasteiger charge is -2.38. The van der Waals surface area contributed by atoms with Crippen LogP contribution in [0.3, 0.4) is 0 Å². The molecule has 0 aliphatic carbocycles. The molecule has 2 aromatic rings. The molecular weight excluding hydrogens is 404 g/mol. The number of piperidine rings is 1. The normalized spacial score (nSPS) is 26.5. The minimum Gasteiger partial charge on any atom is -0.490 e. The average molecular weight is 423 g/mol. The van der Waals surface area contributed by atoms with Crippen molar-refractivity contribution in [3.05, 3.63) is 53.3 Å². The van der Waals surface area contributed by atoms with Gasteiger partial charge in [0.05, 0.1) is 4.90 Å². The van der Waals surface area contributed by atoms with E-state index in [4.69, 9.17) is 4.74 Å². The molecule has 132 valence electrons. The van der Waals surface area contributed by atoms with Crippen LogP contribution in [0.5, 0.6) is 5.75 Å². The molecular formula is C18H19BrN2O3S. The van der Waals surface area contributed by atoms with Gasteiger partial charge in [0.25, 0.3) is 0 Å². The molecule has 2 aliphatic heterocycles. The van der Waals surface area contributed by atoms with Gasteiger partial charge in [-0.15, -0.1) is 0 Å². The summed E-state index contributed by atoms with van der Waals surface area (Å²) < 4.78 is 34.8. The maximum Gasteiger partial charge on any atom is 0.244 e. The van der Waals surface area contributed by atoms with E-state index >= 15 is 0 Å². The largest absolute Gasteiger partial charge is 0.490 e. The van der Waals surface area contributed by atoms with Crippen LogP contribution in [0, 0.1) is 0 Å². The van der Waals surface area contributed by atoms with Crippen molar-refractivity contribution in [2.75, 3.05) is 0 Å². The topological polar surface area (TPSA) is 59.5 Å². The third-order valence-electron chi connectivity index (χ3n) is 4.97. The van der Waals surface area contributed by atoms with Gasteiger partial charge in [-0.2, -0.15) is 4.31 Å². The van der Waals surface area contributed by atoms with Crippen molar-refractivity contribution in [3.63, 3.8) is 0 Å². The Balaban J connectivity index is 1.56. The molecule has 1 aromatic heterocycles. The van der Waals surface area contributed by atoms with Crippen LogP contribution in [-0.4, -0.2) is 35.9 Å².